The van der Waals surface area contributed by atoms with Gasteiger partial charge in [-0.25, -0.2) is 14.7 Å². The van der Waals surface area contributed by atoms with E-state index in [1.165, 1.54) is 16.0 Å². The summed E-state index contributed by atoms with van der Waals surface area (Å²) in [5, 5.41) is 4.21. The molecule has 2 aromatic carbocycles. The molecule has 1 N–H and O–H groups in total. The van der Waals surface area contributed by atoms with Crippen molar-refractivity contribution in [1.82, 2.24) is 14.8 Å². The number of rotatable bonds is 5. The van der Waals surface area contributed by atoms with Crippen LogP contribution >= 0.6 is 22.9 Å². The van der Waals surface area contributed by atoms with Crippen LogP contribution in [-0.4, -0.2) is 27.6 Å². The molecule has 0 aliphatic rings. The van der Waals surface area contributed by atoms with Crippen molar-refractivity contribution < 1.29 is 4.74 Å². The third-order valence-electron chi connectivity index (χ3n) is 4.15. The second kappa shape index (κ2) is 7.61. The van der Waals surface area contributed by atoms with Gasteiger partial charge in [-0.15, -0.1) is 0 Å². The van der Waals surface area contributed by atoms with Crippen LogP contribution < -0.4 is 10.3 Å². The maximum absolute atomic E-state index is 12.8. The topological polar surface area (TPSA) is 72.3 Å². The highest BCUT2D eigenvalue weighted by Gasteiger charge is 2.11. The molecule has 0 amide bonds. The number of H-pyrrole nitrogens is 1. The van der Waals surface area contributed by atoms with Crippen LogP contribution in [0.3, 0.4) is 0 Å². The number of hydrogen-bond acceptors (Lipinski definition) is 5. The Hall–Kier alpha value is -2.90. The molecule has 4 rings (SSSR count). The van der Waals surface area contributed by atoms with E-state index < -0.39 is 0 Å². The number of nitrogens with one attached hydrogen (secondary N) is 1. The van der Waals surface area contributed by atoms with E-state index in [0.29, 0.717) is 33.7 Å². The molecule has 4 aromatic rings. The number of aromatic nitrogens is 3. The molecule has 0 radical (unpaired) electrons. The van der Waals surface area contributed by atoms with Crippen LogP contribution in [-0.2, 0) is 0 Å². The van der Waals surface area contributed by atoms with Crippen LogP contribution in [0.2, 0.25) is 5.02 Å². The zero-order valence-electron chi connectivity index (χ0n) is 15.3. The average Bonchev–Trinajstić information content (AvgIpc) is 3.20. The van der Waals surface area contributed by atoms with Gasteiger partial charge in [0.1, 0.15) is 5.75 Å². The lowest BCUT2D eigenvalue weighted by Crippen LogP contribution is -2.17. The predicted molar refractivity (Wildman–Crippen MR) is 114 cm³/mol. The highest BCUT2D eigenvalue weighted by Crippen LogP contribution is 2.30. The van der Waals surface area contributed by atoms with Crippen molar-refractivity contribution in [3.05, 3.63) is 69.1 Å². The SMILES string of the molecule is CCOc1ccc2nc(N=Cc3c(C)[nH]n(-c4cccc(Cl)c4)c3=O)sc2c1. The first-order valence-corrected chi connectivity index (χ1v) is 9.89. The van der Waals surface area contributed by atoms with E-state index in [9.17, 15) is 4.79 Å². The number of fused-ring (bicyclic) bond motifs is 1. The summed E-state index contributed by atoms with van der Waals surface area (Å²) in [4.78, 5) is 21.7. The molecule has 2 aromatic heterocycles. The summed E-state index contributed by atoms with van der Waals surface area (Å²) >= 11 is 7.48. The molecule has 0 saturated carbocycles. The average molecular weight is 413 g/mol. The monoisotopic (exact) mass is 412 g/mol. The van der Waals surface area contributed by atoms with Crippen LogP contribution in [0, 0.1) is 6.92 Å². The Balaban J connectivity index is 1.66. The van der Waals surface area contributed by atoms with Gasteiger partial charge in [0.05, 0.1) is 28.1 Å². The lowest BCUT2D eigenvalue weighted by Gasteiger charge is -2.01. The molecule has 0 fully saturated rings. The van der Waals surface area contributed by atoms with Crippen molar-refractivity contribution in [3.63, 3.8) is 0 Å². The summed E-state index contributed by atoms with van der Waals surface area (Å²) in [6.45, 7) is 4.39. The number of aryl methyl sites for hydroxylation is 1. The van der Waals surface area contributed by atoms with Gasteiger partial charge in [-0.05, 0) is 50.2 Å². The number of ether oxygens (including phenoxy) is 1. The molecule has 0 saturated heterocycles. The van der Waals surface area contributed by atoms with Gasteiger partial charge in [-0.1, -0.05) is 29.0 Å². The number of nitrogens with zero attached hydrogens (tertiary/aromatic N) is 3. The Morgan fingerprint density at radius 1 is 1.32 bits per heavy atom. The van der Waals surface area contributed by atoms with Gasteiger partial charge < -0.3 is 4.74 Å². The summed E-state index contributed by atoms with van der Waals surface area (Å²) in [5.41, 5.74) is 2.53. The van der Waals surface area contributed by atoms with E-state index in [1.807, 2.05) is 38.1 Å². The molecular weight excluding hydrogens is 396 g/mol. The first-order valence-electron chi connectivity index (χ1n) is 8.70. The molecule has 0 bridgehead atoms. The molecular formula is C20H17ClN4O2S. The molecule has 28 heavy (non-hydrogen) atoms. The highest BCUT2D eigenvalue weighted by molar-refractivity contribution is 7.22. The van der Waals surface area contributed by atoms with Crippen molar-refractivity contribution in [3.8, 4) is 11.4 Å². The molecule has 0 aliphatic carbocycles. The molecule has 0 atom stereocenters. The molecule has 0 unspecified atom stereocenters. The maximum atomic E-state index is 12.8. The summed E-state index contributed by atoms with van der Waals surface area (Å²) in [6.07, 6.45) is 1.55. The number of halogens is 1. The summed E-state index contributed by atoms with van der Waals surface area (Å²) in [7, 11) is 0. The zero-order chi connectivity index (χ0) is 19.7. The van der Waals surface area contributed by atoms with Gasteiger partial charge in [-0.3, -0.25) is 9.89 Å². The second-order valence-corrected chi connectivity index (χ2v) is 7.53. The summed E-state index contributed by atoms with van der Waals surface area (Å²) in [6, 6.07) is 12.8. The molecule has 6 nitrogen and oxygen atoms in total. The standard InChI is InChI=1S/C20H17ClN4O2S/c1-3-27-15-7-8-17-18(10-15)28-20(23-17)22-11-16-12(2)24-25(19(16)26)14-6-4-5-13(21)9-14/h4-11,24H,3H2,1-2H3. The Labute approximate surface area is 170 Å². The van der Waals surface area contributed by atoms with Gasteiger partial charge in [0.2, 0.25) is 5.13 Å². The van der Waals surface area contributed by atoms with Crippen LogP contribution in [0.25, 0.3) is 15.9 Å². The van der Waals surface area contributed by atoms with E-state index in [4.69, 9.17) is 16.3 Å². The second-order valence-electron chi connectivity index (χ2n) is 6.09. The fraction of sp³-hybridized carbons (Fsp3) is 0.150. The van der Waals surface area contributed by atoms with E-state index >= 15 is 0 Å². The van der Waals surface area contributed by atoms with Gasteiger partial charge in [0, 0.05) is 16.9 Å². The lowest BCUT2D eigenvalue weighted by atomic mass is 10.3. The quantitative estimate of drug-likeness (QED) is 0.474. The Morgan fingerprint density at radius 3 is 2.96 bits per heavy atom. The number of hydrogen-bond donors (Lipinski definition) is 1. The molecule has 0 aliphatic heterocycles. The van der Waals surface area contributed by atoms with Crippen LogP contribution in [0.5, 0.6) is 5.75 Å². The normalized spacial score (nSPS) is 11.5. The fourth-order valence-corrected chi connectivity index (χ4v) is 3.86. The third-order valence-corrected chi connectivity index (χ3v) is 5.31. The van der Waals surface area contributed by atoms with Crippen LogP contribution in [0.4, 0.5) is 5.13 Å². The molecule has 0 spiro atoms. The smallest absolute Gasteiger partial charge is 0.280 e. The lowest BCUT2D eigenvalue weighted by molar-refractivity contribution is 0.341. The van der Waals surface area contributed by atoms with E-state index in [-0.39, 0.29) is 5.56 Å². The zero-order valence-corrected chi connectivity index (χ0v) is 16.8. The maximum Gasteiger partial charge on any atom is 0.280 e. The van der Waals surface area contributed by atoms with Crippen LogP contribution in [0.1, 0.15) is 18.2 Å². The van der Waals surface area contributed by atoms with Crippen molar-refractivity contribution >= 4 is 44.5 Å². The Morgan fingerprint density at radius 2 is 2.18 bits per heavy atom. The van der Waals surface area contributed by atoms with Gasteiger partial charge in [-0.2, -0.15) is 0 Å². The number of benzene rings is 2. The minimum absolute atomic E-state index is 0.191. The van der Waals surface area contributed by atoms with E-state index in [2.05, 4.69) is 15.1 Å². The van der Waals surface area contributed by atoms with Crippen molar-refractivity contribution in [2.24, 2.45) is 4.99 Å². The summed E-state index contributed by atoms with van der Waals surface area (Å²) in [5.74, 6) is 0.806. The molecule has 142 valence electrons. The predicted octanol–water partition coefficient (Wildman–Crippen LogP) is 4.89. The van der Waals surface area contributed by atoms with Crippen molar-refractivity contribution in [2.75, 3.05) is 6.61 Å². The fourth-order valence-electron chi connectivity index (χ4n) is 2.83. The van der Waals surface area contributed by atoms with Gasteiger partial charge in [0.25, 0.3) is 5.56 Å². The molecule has 8 heteroatoms. The van der Waals surface area contributed by atoms with E-state index in [1.54, 1.807) is 24.4 Å². The van der Waals surface area contributed by atoms with Gasteiger partial charge in [0.15, 0.2) is 0 Å². The Bertz CT molecular complexity index is 1240. The minimum atomic E-state index is -0.191. The summed E-state index contributed by atoms with van der Waals surface area (Å²) < 4.78 is 7.96. The first kappa shape index (κ1) is 18.5. The number of thiazole rings is 1. The van der Waals surface area contributed by atoms with Crippen molar-refractivity contribution in [2.45, 2.75) is 13.8 Å². The third kappa shape index (κ3) is 3.58. The first-order chi connectivity index (χ1) is 13.5. The Kier molecular flexibility index (Phi) is 5.02. The van der Waals surface area contributed by atoms with Crippen LogP contribution in [0.15, 0.2) is 52.3 Å². The van der Waals surface area contributed by atoms with Gasteiger partial charge >= 0.3 is 0 Å². The number of aromatic amines is 1. The van der Waals surface area contributed by atoms with E-state index in [0.717, 1.165) is 16.0 Å². The van der Waals surface area contributed by atoms with Crippen molar-refractivity contribution in [1.29, 1.82) is 0 Å². The largest absolute Gasteiger partial charge is 0.494 e. The highest BCUT2D eigenvalue weighted by atomic mass is 35.5. The molecule has 2 heterocycles. The number of aliphatic imine (C=N–C) groups is 1. The minimum Gasteiger partial charge on any atom is -0.494 e.